The molecular formula is C15H16FNO2S. The van der Waals surface area contributed by atoms with E-state index in [2.05, 4.69) is 5.32 Å². The highest BCUT2D eigenvalue weighted by atomic mass is 32.1. The molecule has 3 rings (SSSR count). The fourth-order valence-corrected chi connectivity index (χ4v) is 3.48. The number of nitrogens with one attached hydrogen (secondary N) is 1. The first kappa shape index (κ1) is 13.5. The Morgan fingerprint density at radius 1 is 1.55 bits per heavy atom. The topological polar surface area (TPSA) is 38.3 Å². The molecule has 1 aliphatic rings. The van der Waals surface area contributed by atoms with E-state index in [0.717, 1.165) is 24.1 Å². The van der Waals surface area contributed by atoms with Gasteiger partial charge in [0.25, 0.3) is 5.91 Å². The Bertz CT molecular complexity index is 634. The molecule has 1 saturated heterocycles. The van der Waals surface area contributed by atoms with Crippen molar-refractivity contribution in [2.75, 3.05) is 6.61 Å². The summed E-state index contributed by atoms with van der Waals surface area (Å²) in [5, 5.41) is 3.45. The van der Waals surface area contributed by atoms with Gasteiger partial charge in [-0.2, -0.15) is 0 Å². The van der Waals surface area contributed by atoms with Gasteiger partial charge in [0, 0.05) is 16.7 Å². The highest BCUT2D eigenvalue weighted by Crippen LogP contribution is 2.27. The van der Waals surface area contributed by atoms with Gasteiger partial charge < -0.3 is 10.1 Å². The SMILES string of the molecule is CC(NC(=O)c1cc2c(F)cccc2s1)C1CCCO1. The van der Waals surface area contributed by atoms with Gasteiger partial charge in [0.2, 0.25) is 0 Å². The van der Waals surface area contributed by atoms with Gasteiger partial charge in [0.15, 0.2) is 0 Å². The number of carbonyl (C=O) groups excluding carboxylic acids is 1. The Morgan fingerprint density at radius 3 is 3.10 bits per heavy atom. The normalized spacial score (nSPS) is 20.2. The second-order valence-corrected chi connectivity index (χ2v) is 6.16. The lowest BCUT2D eigenvalue weighted by atomic mass is 10.1. The van der Waals surface area contributed by atoms with Gasteiger partial charge in [-0.15, -0.1) is 11.3 Å². The predicted octanol–water partition coefficient (Wildman–Crippen LogP) is 3.34. The smallest absolute Gasteiger partial charge is 0.261 e. The molecule has 0 aliphatic carbocycles. The Kier molecular flexibility index (Phi) is 3.72. The van der Waals surface area contributed by atoms with Crippen molar-refractivity contribution in [1.29, 1.82) is 0 Å². The first-order chi connectivity index (χ1) is 9.65. The van der Waals surface area contributed by atoms with Gasteiger partial charge in [-0.3, -0.25) is 4.79 Å². The van der Waals surface area contributed by atoms with Crippen LogP contribution in [-0.2, 0) is 4.74 Å². The Balaban J connectivity index is 1.76. The van der Waals surface area contributed by atoms with Crippen molar-refractivity contribution >= 4 is 27.3 Å². The predicted molar refractivity (Wildman–Crippen MR) is 77.7 cm³/mol. The van der Waals surface area contributed by atoms with Crippen LogP contribution in [0, 0.1) is 5.82 Å². The summed E-state index contributed by atoms with van der Waals surface area (Å²) in [5.74, 6) is -0.446. The molecular weight excluding hydrogens is 277 g/mol. The van der Waals surface area contributed by atoms with E-state index in [1.807, 2.05) is 13.0 Å². The third kappa shape index (κ3) is 2.55. The molecule has 1 amide bonds. The van der Waals surface area contributed by atoms with Crippen molar-refractivity contribution < 1.29 is 13.9 Å². The maximum absolute atomic E-state index is 13.6. The Hall–Kier alpha value is -1.46. The largest absolute Gasteiger partial charge is 0.376 e. The number of benzene rings is 1. The minimum Gasteiger partial charge on any atom is -0.376 e. The Morgan fingerprint density at radius 2 is 2.40 bits per heavy atom. The number of amides is 1. The summed E-state index contributed by atoms with van der Waals surface area (Å²) in [6.45, 7) is 2.71. The monoisotopic (exact) mass is 293 g/mol. The third-order valence-corrected chi connectivity index (χ3v) is 4.71. The molecule has 0 radical (unpaired) electrons. The minimum absolute atomic E-state index is 0.0277. The molecule has 0 spiro atoms. The van der Waals surface area contributed by atoms with E-state index in [4.69, 9.17) is 4.74 Å². The highest BCUT2D eigenvalue weighted by molar-refractivity contribution is 7.20. The van der Waals surface area contributed by atoms with Crippen molar-refractivity contribution in [3.05, 3.63) is 35.0 Å². The summed E-state index contributed by atoms with van der Waals surface area (Å²) in [5.41, 5.74) is 0. The number of fused-ring (bicyclic) bond motifs is 1. The number of ether oxygens (including phenoxy) is 1. The lowest BCUT2D eigenvalue weighted by Crippen LogP contribution is -2.40. The van der Waals surface area contributed by atoms with Crippen LogP contribution in [0.3, 0.4) is 0 Å². The fourth-order valence-electron chi connectivity index (χ4n) is 2.50. The van der Waals surface area contributed by atoms with Crippen LogP contribution in [0.4, 0.5) is 4.39 Å². The van der Waals surface area contributed by atoms with Gasteiger partial charge in [0.05, 0.1) is 17.0 Å². The number of rotatable bonds is 3. The van der Waals surface area contributed by atoms with Gasteiger partial charge in [-0.1, -0.05) is 6.07 Å². The molecule has 106 valence electrons. The molecule has 2 unspecified atom stereocenters. The molecule has 1 aromatic heterocycles. The summed E-state index contributed by atoms with van der Waals surface area (Å²) in [6, 6.07) is 6.48. The van der Waals surface area contributed by atoms with Crippen LogP contribution in [0.25, 0.3) is 10.1 Å². The number of hydrogen-bond donors (Lipinski definition) is 1. The van der Waals surface area contributed by atoms with E-state index >= 15 is 0 Å². The molecule has 2 heterocycles. The van der Waals surface area contributed by atoms with E-state index in [9.17, 15) is 9.18 Å². The number of thiophene rings is 1. The third-order valence-electron chi connectivity index (χ3n) is 3.61. The molecule has 0 saturated carbocycles. The minimum atomic E-state index is -0.287. The molecule has 1 N–H and O–H groups in total. The molecule has 1 aromatic carbocycles. The van der Waals surface area contributed by atoms with E-state index in [1.54, 1.807) is 12.1 Å². The lowest BCUT2D eigenvalue weighted by Gasteiger charge is -2.19. The second-order valence-electron chi connectivity index (χ2n) is 5.08. The number of hydrogen-bond acceptors (Lipinski definition) is 3. The molecule has 3 nitrogen and oxygen atoms in total. The van der Waals surface area contributed by atoms with Gasteiger partial charge >= 0.3 is 0 Å². The van der Waals surface area contributed by atoms with Gasteiger partial charge in [-0.05, 0) is 38.0 Å². The van der Waals surface area contributed by atoms with Crippen LogP contribution in [0.1, 0.15) is 29.4 Å². The van der Waals surface area contributed by atoms with E-state index < -0.39 is 0 Å². The fraction of sp³-hybridized carbons (Fsp3) is 0.400. The molecule has 2 aromatic rings. The summed E-state index contributed by atoms with van der Waals surface area (Å²) in [7, 11) is 0. The molecule has 5 heteroatoms. The quantitative estimate of drug-likeness (QED) is 0.942. The number of carbonyl (C=O) groups is 1. The molecule has 1 aliphatic heterocycles. The van der Waals surface area contributed by atoms with Crippen LogP contribution in [0.15, 0.2) is 24.3 Å². The van der Waals surface area contributed by atoms with Crippen LogP contribution in [0.5, 0.6) is 0 Å². The van der Waals surface area contributed by atoms with Crippen LogP contribution in [0.2, 0.25) is 0 Å². The zero-order valence-corrected chi connectivity index (χ0v) is 12.0. The van der Waals surface area contributed by atoms with Crippen LogP contribution in [-0.4, -0.2) is 24.7 Å². The number of halogens is 1. The van der Waals surface area contributed by atoms with Crippen molar-refractivity contribution in [3.63, 3.8) is 0 Å². The van der Waals surface area contributed by atoms with Crippen molar-refractivity contribution in [3.8, 4) is 0 Å². The van der Waals surface area contributed by atoms with Crippen molar-refractivity contribution in [2.24, 2.45) is 0 Å². The molecule has 2 atom stereocenters. The van der Waals surface area contributed by atoms with Crippen molar-refractivity contribution in [2.45, 2.75) is 31.9 Å². The van der Waals surface area contributed by atoms with E-state index in [-0.39, 0.29) is 23.9 Å². The summed E-state index contributed by atoms with van der Waals surface area (Å²) in [4.78, 5) is 12.8. The molecule has 20 heavy (non-hydrogen) atoms. The lowest BCUT2D eigenvalue weighted by molar-refractivity contribution is 0.0714. The zero-order chi connectivity index (χ0) is 14.1. The summed E-state index contributed by atoms with van der Waals surface area (Å²) >= 11 is 1.31. The average Bonchev–Trinajstić information content (AvgIpc) is 3.08. The first-order valence-electron chi connectivity index (χ1n) is 6.75. The zero-order valence-electron chi connectivity index (χ0n) is 11.2. The Labute approximate surface area is 120 Å². The molecule has 1 fully saturated rings. The van der Waals surface area contributed by atoms with E-state index in [1.165, 1.54) is 17.4 Å². The van der Waals surface area contributed by atoms with Gasteiger partial charge in [0.1, 0.15) is 5.82 Å². The average molecular weight is 293 g/mol. The van der Waals surface area contributed by atoms with Crippen molar-refractivity contribution in [1.82, 2.24) is 5.32 Å². The standard InChI is InChI=1S/C15H16FNO2S/c1-9(12-5-3-7-19-12)17-15(18)14-8-10-11(16)4-2-6-13(10)20-14/h2,4,6,8-9,12H,3,5,7H2,1H3,(H,17,18). The second kappa shape index (κ2) is 5.50. The summed E-state index contributed by atoms with van der Waals surface area (Å²) < 4.78 is 20.0. The van der Waals surface area contributed by atoms with Gasteiger partial charge in [-0.25, -0.2) is 4.39 Å². The maximum atomic E-state index is 13.6. The summed E-state index contributed by atoms with van der Waals surface area (Å²) in [6.07, 6.45) is 2.10. The first-order valence-corrected chi connectivity index (χ1v) is 7.57. The highest BCUT2D eigenvalue weighted by Gasteiger charge is 2.24. The van der Waals surface area contributed by atoms with E-state index in [0.29, 0.717) is 10.3 Å². The van der Waals surface area contributed by atoms with Crippen LogP contribution < -0.4 is 5.32 Å². The molecule has 0 bridgehead atoms. The maximum Gasteiger partial charge on any atom is 0.261 e. The van der Waals surface area contributed by atoms with Crippen LogP contribution >= 0.6 is 11.3 Å².